The number of piperidine rings is 1. The number of nitro groups is 1. The number of nitrogens with zero attached hydrogens (tertiary/aromatic N) is 1. The smallest absolute Gasteiger partial charge is 0.324 e. The number of halogens is 1. The van der Waals surface area contributed by atoms with Crippen molar-refractivity contribution in [1.29, 1.82) is 0 Å². The number of carbonyl (C=O) groups is 3. The molecule has 1 aromatic carbocycles. The van der Waals surface area contributed by atoms with E-state index in [0.29, 0.717) is 36.5 Å². The molecular formula is C20H22ClN5O5S. The minimum atomic E-state index is -1.14. The van der Waals surface area contributed by atoms with Gasteiger partial charge in [-0.2, -0.15) is 0 Å². The maximum Gasteiger partial charge on any atom is 0.324 e. The lowest BCUT2D eigenvalue weighted by Gasteiger charge is -2.36. The molecule has 1 aliphatic heterocycles. The van der Waals surface area contributed by atoms with Gasteiger partial charge < -0.3 is 21.3 Å². The molecule has 1 saturated heterocycles. The quantitative estimate of drug-likeness (QED) is 0.258. The number of thiophene rings is 1. The van der Waals surface area contributed by atoms with E-state index in [4.69, 9.17) is 11.6 Å². The predicted molar refractivity (Wildman–Crippen MR) is 120 cm³/mol. The highest BCUT2D eigenvalue weighted by molar-refractivity contribution is 7.17. The van der Waals surface area contributed by atoms with Crippen molar-refractivity contribution in [3.8, 4) is 0 Å². The molecule has 0 unspecified atom stereocenters. The van der Waals surface area contributed by atoms with Gasteiger partial charge in [-0.25, -0.2) is 0 Å². The molecular weight excluding hydrogens is 458 g/mol. The average molecular weight is 480 g/mol. The first-order valence-electron chi connectivity index (χ1n) is 9.90. The summed E-state index contributed by atoms with van der Waals surface area (Å²) in [6.07, 6.45) is 0.740. The van der Waals surface area contributed by atoms with Crippen molar-refractivity contribution in [2.75, 3.05) is 26.2 Å². The average Bonchev–Trinajstić information content (AvgIpc) is 3.28. The van der Waals surface area contributed by atoms with Crippen molar-refractivity contribution < 1.29 is 19.3 Å². The lowest BCUT2D eigenvalue weighted by atomic mass is 9.87. The van der Waals surface area contributed by atoms with Gasteiger partial charge in [-0.3, -0.25) is 24.5 Å². The van der Waals surface area contributed by atoms with Crippen molar-refractivity contribution in [3.63, 3.8) is 0 Å². The van der Waals surface area contributed by atoms with Crippen molar-refractivity contribution in [3.05, 3.63) is 62.0 Å². The SMILES string of the molecule is O=C(NCCNC(=O)C1(NC(=O)c2ccc([N+](=O)[O-])s2)CCNCC1)c1ccc(Cl)cc1. The van der Waals surface area contributed by atoms with E-state index >= 15 is 0 Å². The summed E-state index contributed by atoms with van der Waals surface area (Å²) in [6, 6.07) is 9.07. The fourth-order valence-electron chi connectivity index (χ4n) is 3.31. The first-order valence-corrected chi connectivity index (χ1v) is 11.1. The molecule has 1 aromatic heterocycles. The van der Waals surface area contributed by atoms with Crippen molar-refractivity contribution in [2.24, 2.45) is 0 Å². The molecule has 0 radical (unpaired) electrons. The highest BCUT2D eigenvalue weighted by Crippen LogP contribution is 2.26. The third kappa shape index (κ3) is 5.81. The summed E-state index contributed by atoms with van der Waals surface area (Å²) in [5.74, 6) is -1.18. The Kier molecular flexibility index (Phi) is 7.78. The lowest BCUT2D eigenvalue weighted by Crippen LogP contribution is -2.63. The molecule has 2 heterocycles. The van der Waals surface area contributed by atoms with Crippen LogP contribution in [0.5, 0.6) is 0 Å². The Bertz CT molecular complexity index is 1000. The number of hydrogen-bond donors (Lipinski definition) is 4. The van der Waals surface area contributed by atoms with Gasteiger partial charge in [-0.1, -0.05) is 22.9 Å². The van der Waals surface area contributed by atoms with Crippen LogP contribution in [0.25, 0.3) is 0 Å². The van der Waals surface area contributed by atoms with Crippen LogP contribution in [-0.4, -0.2) is 54.4 Å². The van der Waals surface area contributed by atoms with Gasteiger partial charge in [0.25, 0.3) is 11.8 Å². The number of benzene rings is 1. The number of rotatable bonds is 8. The van der Waals surface area contributed by atoms with Crippen LogP contribution in [0.15, 0.2) is 36.4 Å². The minimum absolute atomic E-state index is 0.143. The van der Waals surface area contributed by atoms with Crippen molar-refractivity contribution >= 4 is 45.7 Å². The number of carbonyl (C=O) groups excluding carboxylic acids is 3. The first-order chi connectivity index (χ1) is 15.3. The second-order valence-corrected chi connectivity index (χ2v) is 8.70. The Balaban J connectivity index is 1.56. The fraction of sp³-hybridized carbons (Fsp3) is 0.350. The summed E-state index contributed by atoms with van der Waals surface area (Å²) in [5.41, 5.74) is -0.686. The Morgan fingerprint density at radius 2 is 1.69 bits per heavy atom. The van der Waals surface area contributed by atoms with Crippen LogP contribution < -0.4 is 21.3 Å². The fourth-order valence-corrected chi connectivity index (χ4v) is 4.16. The normalized spacial score (nSPS) is 14.9. The van der Waals surface area contributed by atoms with Gasteiger partial charge in [0, 0.05) is 29.7 Å². The van der Waals surface area contributed by atoms with E-state index in [0.717, 1.165) is 11.3 Å². The highest BCUT2D eigenvalue weighted by Gasteiger charge is 2.41. The van der Waals surface area contributed by atoms with Crippen molar-refractivity contribution in [2.45, 2.75) is 18.4 Å². The van der Waals surface area contributed by atoms with E-state index in [2.05, 4.69) is 21.3 Å². The van der Waals surface area contributed by atoms with E-state index in [9.17, 15) is 24.5 Å². The van der Waals surface area contributed by atoms with Crippen LogP contribution in [0.2, 0.25) is 5.02 Å². The van der Waals surface area contributed by atoms with Crippen LogP contribution in [-0.2, 0) is 4.79 Å². The molecule has 3 rings (SSSR count). The summed E-state index contributed by atoms with van der Waals surface area (Å²) in [4.78, 5) is 48.2. The molecule has 1 aliphatic rings. The minimum Gasteiger partial charge on any atom is -0.352 e. The van der Waals surface area contributed by atoms with Crippen LogP contribution >= 0.6 is 22.9 Å². The number of hydrogen-bond acceptors (Lipinski definition) is 7. The zero-order valence-corrected chi connectivity index (χ0v) is 18.6. The van der Waals surface area contributed by atoms with Crippen LogP contribution in [0.1, 0.15) is 32.9 Å². The summed E-state index contributed by atoms with van der Waals surface area (Å²) >= 11 is 6.57. The van der Waals surface area contributed by atoms with E-state index in [1.54, 1.807) is 24.3 Å². The topological polar surface area (TPSA) is 142 Å². The molecule has 0 bridgehead atoms. The zero-order chi connectivity index (χ0) is 23.1. The summed E-state index contributed by atoms with van der Waals surface area (Å²) < 4.78 is 0. The van der Waals surface area contributed by atoms with Gasteiger partial charge >= 0.3 is 5.00 Å². The van der Waals surface area contributed by atoms with Crippen LogP contribution in [0.4, 0.5) is 5.00 Å². The molecule has 1 fully saturated rings. The molecule has 170 valence electrons. The van der Waals surface area contributed by atoms with Gasteiger partial charge in [0.05, 0.1) is 9.80 Å². The largest absolute Gasteiger partial charge is 0.352 e. The van der Waals surface area contributed by atoms with E-state index in [1.807, 2.05) is 0 Å². The van der Waals surface area contributed by atoms with Gasteiger partial charge in [0.1, 0.15) is 5.54 Å². The van der Waals surface area contributed by atoms with Gasteiger partial charge in [0.15, 0.2) is 0 Å². The summed E-state index contributed by atoms with van der Waals surface area (Å²) in [5, 5.41) is 22.7. The number of nitrogens with one attached hydrogen (secondary N) is 4. The molecule has 0 spiro atoms. The Hall–Kier alpha value is -3.02. The molecule has 0 atom stereocenters. The molecule has 2 aromatic rings. The third-order valence-electron chi connectivity index (χ3n) is 5.04. The summed E-state index contributed by atoms with van der Waals surface area (Å²) in [6.45, 7) is 1.44. The lowest BCUT2D eigenvalue weighted by molar-refractivity contribution is -0.380. The van der Waals surface area contributed by atoms with Crippen molar-refractivity contribution in [1.82, 2.24) is 21.3 Å². The maximum absolute atomic E-state index is 13.0. The molecule has 10 nitrogen and oxygen atoms in total. The van der Waals surface area contributed by atoms with Gasteiger partial charge in [0.2, 0.25) is 5.91 Å². The molecule has 12 heteroatoms. The van der Waals surface area contributed by atoms with Crippen LogP contribution in [0, 0.1) is 10.1 Å². The van der Waals surface area contributed by atoms with Gasteiger partial charge in [-0.15, -0.1) is 0 Å². The Morgan fingerprint density at radius 1 is 1.03 bits per heavy atom. The molecule has 4 N–H and O–H groups in total. The third-order valence-corrected chi connectivity index (χ3v) is 6.33. The second kappa shape index (κ2) is 10.5. The van der Waals surface area contributed by atoms with E-state index < -0.39 is 16.4 Å². The zero-order valence-electron chi connectivity index (χ0n) is 17.0. The Morgan fingerprint density at radius 3 is 2.31 bits per heavy atom. The monoisotopic (exact) mass is 479 g/mol. The first kappa shape index (κ1) is 23.6. The van der Waals surface area contributed by atoms with E-state index in [-0.39, 0.29) is 34.8 Å². The standard InChI is InChI=1S/C20H22ClN5O5S/c21-14-3-1-13(2-4-14)17(27)23-11-12-24-19(29)20(7-9-22-10-8-20)25-18(28)15-5-6-16(32-15)26(30)31/h1-6,22H,7-12H2,(H,23,27)(H,24,29)(H,25,28). The molecule has 3 amide bonds. The Labute approximate surface area is 192 Å². The highest BCUT2D eigenvalue weighted by atomic mass is 35.5. The predicted octanol–water partition coefficient (Wildman–Crippen LogP) is 1.71. The number of amides is 3. The summed E-state index contributed by atoms with van der Waals surface area (Å²) in [7, 11) is 0. The second-order valence-electron chi connectivity index (χ2n) is 7.20. The van der Waals surface area contributed by atoms with Gasteiger partial charge in [-0.05, 0) is 56.3 Å². The maximum atomic E-state index is 13.0. The van der Waals surface area contributed by atoms with Crippen LogP contribution in [0.3, 0.4) is 0 Å². The molecule has 0 aliphatic carbocycles. The molecule has 0 saturated carbocycles. The molecule has 32 heavy (non-hydrogen) atoms. The van der Waals surface area contributed by atoms with E-state index in [1.165, 1.54) is 12.1 Å².